The zero-order valence-corrected chi connectivity index (χ0v) is 14.7. The molecule has 3 nitrogen and oxygen atoms in total. The highest BCUT2D eigenvalue weighted by Gasteiger charge is 2.33. The van der Waals surface area contributed by atoms with E-state index in [1.807, 2.05) is 19.1 Å². The average Bonchev–Trinajstić information content (AvgIpc) is 2.32. The number of aryl methyl sites for hydroxylation is 1. The van der Waals surface area contributed by atoms with Crippen LogP contribution in [0.1, 0.15) is 57.9 Å². The van der Waals surface area contributed by atoms with Gasteiger partial charge in [-0.15, -0.1) is 0 Å². The van der Waals surface area contributed by atoms with Crippen molar-refractivity contribution in [3.8, 4) is 0 Å². The molecule has 0 aliphatic rings. The Labute approximate surface area is 130 Å². The lowest BCUT2D eigenvalue weighted by atomic mass is 9.86. The number of ether oxygens (including phenoxy) is 1. The fourth-order valence-corrected chi connectivity index (χ4v) is 2.40. The van der Waals surface area contributed by atoms with Crippen LogP contribution in [0.4, 0.5) is 0 Å². The molecule has 0 saturated carbocycles. The number of hydrogen-bond donors (Lipinski definition) is 0. The fourth-order valence-electron chi connectivity index (χ4n) is 1.94. The molecule has 0 aromatic carbocycles. The maximum absolute atomic E-state index is 12.3. The third-order valence-corrected chi connectivity index (χ3v) is 4.37. The van der Waals surface area contributed by atoms with Crippen LogP contribution in [0.2, 0.25) is 0 Å². The smallest absolute Gasteiger partial charge is 0.255 e. The Bertz CT molecular complexity index is 427. The summed E-state index contributed by atoms with van der Waals surface area (Å²) in [5, 5.41) is 12.3. The second-order valence-electron chi connectivity index (χ2n) is 6.00. The zero-order chi connectivity index (χ0) is 14.6. The minimum absolute atomic E-state index is 0.0990. The van der Waals surface area contributed by atoms with Gasteiger partial charge < -0.3 is 9.94 Å². The molecule has 19 heavy (non-hydrogen) atoms. The number of nitrogens with zero attached hydrogens (tertiary/aromatic N) is 1. The largest absolute Gasteiger partial charge is 0.618 e. The van der Waals surface area contributed by atoms with Gasteiger partial charge in [-0.2, -0.15) is 4.73 Å². The highest BCUT2D eigenvalue weighted by Crippen LogP contribution is 2.35. The van der Waals surface area contributed by atoms with Crippen molar-refractivity contribution in [1.82, 2.24) is 0 Å². The molecule has 108 valence electrons. The van der Waals surface area contributed by atoms with Crippen LogP contribution in [0.3, 0.4) is 0 Å². The van der Waals surface area contributed by atoms with E-state index in [9.17, 15) is 5.21 Å². The maximum atomic E-state index is 12.3. The highest BCUT2D eigenvalue weighted by atomic mass is 127. The Morgan fingerprint density at radius 3 is 2.53 bits per heavy atom. The van der Waals surface area contributed by atoms with Gasteiger partial charge in [0.1, 0.15) is 6.10 Å². The predicted molar refractivity (Wildman–Crippen MR) is 85.9 cm³/mol. The maximum Gasteiger partial charge on any atom is 0.255 e. The van der Waals surface area contributed by atoms with Crippen molar-refractivity contribution in [2.75, 3.05) is 6.61 Å². The molecule has 0 N–H and O–H groups in total. The summed E-state index contributed by atoms with van der Waals surface area (Å²) in [6.07, 6.45) is 1.94. The minimum Gasteiger partial charge on any atom is -0.618 e. The van der Waals surface area contributed by atoms with Gasteiger partial charge in [0, 0.05) is 40.8 Å². The van der Waals surface area contributed by atoms with E-state index in [1.54, 1.807) is 0 Å². The third-order valence-electron chi connectivity index (χ3n) is 3.08. The average molecular weight is 377 g/mol. The van der Waals surface area contributed by atoms with E-state index in [-0.39, 0.29) is 11.5 Å². The van der Waals surface area contributed by atoms with Crippen LogP contribution in [0.5, 0.6) is 0 Å². The standard InChI is InChI=1S/C15H24INO2/c1-6-7-10-19-13(15(3,4)5)12-9-8-11(2)14(16)17(12)18/h8-9,13H,6-7,10H2,1-5H3/t13-/m0/s1. The summed E-state index contributed by atoms with van der Waals surface area (Å²) < 4.78 is 7.72. The first-order chi connectivity index (χ1) is 8.79. The van der Waals surface area contributed by atoms with Gasteiger partial charge in [0.25, 0.3) is 3.70 Å². The Kier molecular flexibility index (Phi) is 6.05. The fraction of sp³-hybridized carbons (Fsp3) is 0.667. The number of pyridine rings is 1. The molecule has 0 spiro atoms. The first kappa shape index (κ1) is 16.7. The highest BCUT2D eigenvalue weighted by molar-refractivity contribution is 14.1. The third kappa shape index (κ3) is 4.31. The molecule has 1 aromatic rings. The van der Waals surface area contributed by atoms with E-state index >= 15 is 0 Å². The quantitative estimate of drug-likeness (QED) is 0.254. The first-order valence-electron chi connectivity index (χ1n) is 6.79. The lowest BCUT2D eigenvalue weighted by molar-refractivity contribution is -0.633. The molecular formula is C15H24INO2. The van der Waals surface area contributed by atoms with Gasteiger partial charge >= 0.3 is 0 Å². The molecule has 0 radical (unpaired) electrons. The monoisotopic (exact) mass is 377 g/mol. The molecule has 0 bridgehead atoms. The summed E-state index contributed by atoms with van der Waals surface area (Å²) in [6, 6.07) is 3.89. The molecule has 0 fully saturated rings. The Morgan fingerprint density at radius 2 is 2.00 bits per heavy atom. The van der Waals surface area contributed by atoms with Crippen LogP contribution < -0.4 is 4.73 Å². The normalized spacial score (nSPS) is 13.6. The van der Waals surface area contributed by atoms with Crippen LogP contribution >= 0.6 is 22.6 Å². The number of unbranched alkanes of at least 4 members (excludes halogenated alkanes) is 1. The van der Waals surface area contributed by atoms with Crippen molar-refractivity contribution in [1.29, 1.82) is 0 Å². The second-order valence-corrected chi connectivity index (χ2v) is 7.02. The Balaban J connectivity index is 3.08. The molecule has 4 heteroatoms. The van der Waals surface area contributed by atoms with Crippen LogP contribution in [0.25, 0.3) is 0 Å². The molecule has 0 unspecified atom stereocenters. The van der Waals surface area contributed by atoms with Crippen molar-refractivity contribution < 1.29 is 9.47 Å². The van der Waals surface area contributed by atoms with E-state index in [2.05, 4.69) is 50.3 Å². The lowest BCUT2D eigenvalue weighted by Gasteiger charge is -2.29. The van der Waals surface area contributed by atoms with Gasteiger partial charge in [-0.05, 0) is 24.8 Å². The van der Waals surface area contributed by atoms with Crippen molar-refractivity contribution in [2.24, 2.45) is 5.41 Å². The first-order valence-corrected chi connectivity index (χ1v) is 7.87. The van der Waals surface area contributed by atoms with Gasteiger partial charge in [0.15, 0.2) is 0 Å². The van der Waals surface area contributed by atoms with E-state index in [1.165, 1.54) is 0 Å². The summed E-state index contributed by atoms with van der Waals surface area (Å²) in [5.41, 5.74) is 1.61. The number of aromatic nitrogens is 1. The molecule has 0 amide bonds. The van der Waals surface area contributed by atoms with Crippen molar-refractivity contribution in [2.45, 2.75) is 53.6 Å². The summed E-state index contributed by atoms with van der Waals surface area (Å²) in [4.78, 5) is 0. The Morgan fingerprint density at radius 1 is 1.37 bits per heavy atom. The predicted octanol–water partition coefficient (Wildman–Crippen LogP) is 4.14. The summed E-state index contributed by atoms with van der Waals surface area (Å²) in [7, 11) is 0. The van der Waals surface area contributed by atoms with Crippen LogP contribution in [-0.4, -0.2) is 6.61 Å². The minimum atomic E-state index is -0.175. The molecule has 0 aliphatic carbocycles. The summed E-state index contributed by atoms with van der Waals surface area (Å²) in [6.45, 7) is 11.1. The number of halogens is 1. The molecule has 0 saturated heterocycles. The molecule has 1 heterocycles. The Hall–Kier alpha value is -0.360. The number of hydrogen-bond acceptors (Lipinski definition) is 2. The van der Waals surface area contributed by atoms with Crippen LogP contribution in [0.15, 0.2) is 12.1 Å². The molecule has 1 rings (SSSR count). The SMILES string of the molecule is CCCCO[C@@H](c1ccc(C)c(I)[n+]1[O-])C(C)(C)C. The van der Waals surface area contributed by atoms with Crippen molar-refractivity contribution >= 4 is 22.6 Å². The van der Waals surface area contributed by atoms with Gasteiger partial charge in [0.05, 0.1) is 0 Å². The van der Waals surface area contributed by atoms with E-state index in [0.717, 1.165) is 26.8 Å². The van der Waals surface area contributed by atoms with Crippen molar-refractivity contribution in [3.63, 3.8) is 0 Å². The van der Waals surface area contributed by atoms with E-state index in [4.69, 9.17) is 4.74 Å². The second kappa shape index (κ2) is 6.88. The zero-order valence-electron chi connectivity index (χ0n) is 12.5. The molecular weight excluding hydrogens is 353 g/mol. The van der Waals surface area contributed by atoms with Crippen LogP contribution in [0, 0.1) is 21.2 Å². The van der Waals surface area contributed by atoms with E-state index < -0.39 is 0 Å². The summed E-state index contributed by atoms with van der Waals surface area (Å²) >= 11 is 2.10. The topological polar surface area (TPSA) is 36.2 Å². The van der Waals surface area contributed by atoms with Crippen molar-refractivity contribution in [3.05, 3.63) is 32.3 Å². The summed E-state index contributed by atoms with van der Waals surface area (Å²) in [5.74, 6) is 0. The van der Waals surface area contributed by atoms with Gasteiger partial charge in [-0.25, -0.2) is 0 Å². The van der Waals surface area contributed by atoms with E-state index in [0.29, 0.717) is 12.3 Å². The molecule has 0 aliphatic heterocycles. The van der Waals surface area contributed by atoms with Gasteiger partial charge in [-0.1, -0.05) is 34.1 Å². The molecule has 1 aromatic heterocycles. The van der Waals surface area contributed by atoms with Gasteiger partial charge in [-0.3, -0.25) is 0 Å². The molecule has 1 atom stereocenters. The lowest BCUT2D eigenvalue weighted by Crippen LogP contribution is -2.41. The van der Waals surface area contributed by atoms with Crippen LogP contribution in [-0.2, 0) is 4.74 Å². The van der Waals surface area contributed by atoms with Gasteiger partial charge in [0.2, 0.25) is 5.69 Å². The number of rotatable bonds is 5.